The zero-order chi connectivity index (χ0) is 14.1. The Morgan fingerprint density at radius 1 is 1.20 bits per heavy atom. The summed E-state index contributed by atoms with van der Waals surface area (Å²) in [6.45, 7) is 0. The molecule has 1 aliphatic rings. The zero-order valence-corrected chi connectivity index (χ0v) is 12.7. The summed E-state index contributed by atoms with van der Waals surface area (Å²) in [5.41, 5.74) is 9.63. The maximum absolute atomic E-state index is 12.8. The Morgan fingerprint density at radius 2 is 2.00 bits per heavy atom. The summed E-state index contributed by atoms with van der Waals surface area (Å²) >= 11 is 3.45. The molecule has 0 saturated heterocycles. The van der Waals surface area contributed by atoms with Crippen molar-refractivity contribution in [1.82, 2.24) is 0 Å². The van der Waals surface area contributed by atoms with Gasteiger partial charge in [0.05, 0.1) is 0 Å². The lowest BCUT2D eigenvalue weighted by molar-refractivity contribution is 0.0950. The number of hydrogen-bond donors (Lipinski definition) is 1. The Morgan fingerprint density at radius 3 is 2.80 bits per heavy atom. The number of fused-ring (bicyclic) bond motifs is 1. The Bertz CT molecular complexity index is 666. The molecule has 0 aromatic heterocycles. The number of carbonyl (C=O) groups is 1. The normalized spacial score (nSPS) is 17.6. The highest BCUT2D eigenvalue weighted by Gasteiger charge is 2.27. The molecule has 2 N–H and O–H groups in total. The molecule has 2 aromatic rings. The van der Waals surface area contributed by atoms with Crippen molar-refractivity contribution in [3.8, 4) is 0 Å². The van der Waals surface area contributed by atoms with Gasteiger partial charge in [-0.1, -0.05) is 24.3 Å². The van der Waals surface area contributed by atoms with Crippen molar-refractivity contribution in [2.45, 2.75) is 25.2 Å². The van der Waals surface area contributed by atoms with E-state index in [1.807, 2.05) is 18.2 Å². The molecular formula is C17H16BrNO. The molecule has 102 valence electrons. The van der Waals surface area contributed by atoms with Gasteiger partial charge in [-0.05, 0) is 64.5 Å². The van der Waals surface area contributed by atoms with Crippen molar-refractivity contribution in [1.29, 1.82) is 0 Å². The van der Waals surface area contributed by atoms with Crippen LogP contribution in [0.5, 0.6) is 0 Å². The van der Waals surface area contributed by atoms with Gasteiger partial charge in [-0.15, -0.1) is 0 Å². The largest absolute Gasteiger partial charge is 0.399 e. The molecule has 20 heavy (non-hydrogen) atoms. The Balaban J connectivity index is 2.00. The van der Waals surface area contributed by atoms with Crippen molar-refractivity contribution >= 4 is 27.4 Å². The second kappa shape index (κ2) is 5.41. The molecule has 0 saturated carbocycles. The van der Waals surface area contributed by atoms with E-state index in [9.17, 15) is 4.79 Å². The van der Waals surface area contributed by atoms with Crippen LogP contribution in [0.4, 0.5) is 5.69 Å². The van der Waals surface area contributed by atoms with Crippen molar-refractivity contribution in [3.05, 3.63) is 63.6 Å². The van der Waals surface area contributed by atoms with Gasteiger partial charge >= 0.3 is 0 Å². The van der Waals surface area contributed by atoms with E-state index in [-0.39, 0.29) is 11.7 Å². The summed E-state index contributed by atoms with van der Waals surface area (Å²) in [4.78, 5) is 12.8. The molecule has 0 radical (unpaired) electrons. The van der Waals surface area contributed by atoms with Gasteiger partial charge in [-0.2, -0.15) is 0 Å². The topological polar surface area (TPSA) is 43.1 Å². The third kappa shape index (κ3) is 2.38. The first kappa shape index (κ1) is 13.4. The highest BCUT2D eigenvalue weighted by molar-refractivity contribution is 9.10. The molecule has 1 unspecified atom stereocenters. The van der Waals surface area contributed by atoms with Gasteiger partial charge in [0.1, 0.15) is 0 Å². The summed E-state index contributed by atoms with van der Waals surface area (Å²) < 4.78 is 0.783. The highest BCUT2D eigenvalue weighted by Crippen LogP contribution is 2.35. The van der Waals surface area contributed by atoms with Crippen molar-refractivity contribution < 1.29 is 4.79 Å². The van der Waals surface area contributed by atoms with Gasteiger partial charge in [-0.3, -0.25) is 4.79 Å². The molecule has 0 heterocycles. The Kier molecular flexibility index (Phi) is 3.62. The number of halogens is 1. The van der Waals surface area contributed by atoms with E-state index in [1.54, 1.807) is 12.1 Å². The third-order valence-electron chi connectivity index (χ3n) is 3.94. The molecule has 0 fully saturated rings. The van der Waals surface area contributed by atoms with Crippen LogP contribution in [0.3, 0.4) is 0 Å². The van der Waals surface area contributed by atoms with Crippen LogP contribution < -0.4 is 5.73 Å². The number of anilines is 1. The average molecular weight is 330 g/mol. The maximum Gasteiger partial charge on any atom is 0.171 e. The third-order valence-corrected chi connectivity index (χ3v) is 4.60. The second-order valence-corrected chi connectivity index (χ2v) is 6.10. The van der Waals surface area contributed by atoms with E-state index in [2.05, 4.69) is 28.1 Å². The molecule has 2 aromatic carbocycles. The molecule has 1 atom stereocenters. The van der Waals surface area contributed by atoms with Crippen LogP contribution in [0, 0.1) is 0 Å². The Labute approximate surface area is 127 Å². The van der Waals surface area contributed by atoms with Gasteiger partial charge in [0.25, 0.3) is 0 Å². The minimum atomic E-state index is -0.0279. The lowest BCUT2D eigenvalue weighted by atomic mass is 9.79. The minimum Gasteiger partial charge on any atom is -0.399 e. The van der Waals surface area contributed by atoms with Gasteiger partial charge in [0, 0.05) is 21.6 Å². The SMILES string of the molecule is Nc1ccc(C(=O)C2CCCc3ccccc32)c(Br)c1. The van der Waals surface area contributed by atoms with Gasteiger partial charge in [0.15, 0.2) is 5.78 Å². The molecule has 0 amide bonds. The molecule has 1 aliphatic carbocycles. The number of Topliss-reactive ketones (excluding diaryl/α,β-unsaturated/α-hetero) is 1. The van der Waals surface area contributed by atoms with E-state index in [1.165, 1.54) is 11.1 Å². The molecule has 0 bridgehead atoms. The lowest BCUT2D eigenvalue weighted by Crippen LogP contribution is -2.19. The van der Waals surface area contributed by atoms with Crippen LogP contribution in [0.15, 0.2) is 46.9 Å². The first-order valence-electron chi connectivity index (χ1n) is 6.84. The monoisotopic (exact) mass is 329 g/mol. The molecule has 2 nitrogen and oxygen atoms in total. The summed E-state index contributed by atoms with van der Waals surface area (Å²) in [6, 6.07) is 13.7. The van der Waals surface area contributed by atoms with E-state index >= 15 is 0 Å². The number of nitrogens with two attached hydrogens (primary N) is 1. The fourth-order valence-electron chi connectivity index (χ4n) is 2.95. The molecule has 0 spiro atoms. The number of carbonyl (C=O) groups excluding carboxylic acids is 1. The number of ketones is 1. The lowest BCUT2D eigenvalue weighted by Gasteiger charge is -2.24. The summed E-state index contributed by atoms with van der Waals surface area (Å²) in [6.07, 6.45) is 3.07. The van der Waals surface area contributed by atoms with Crippen LogP contribution in [0.25, 0.3) is 0 Å². The molecule has 3 heteroatoms. The minimum absolute atomic E-state index is 0.0279. The van der Waals surface area contributed by atoms with Gasteiger partial charge in [0.2, 0.25) is 0 Å². The molecule has 3 rings (SSSR count). The first-order chi connectivity index (χ1) is 9.66. The summed E-state index contributed by atoms with van der Waals surface area (Å²) in [5, 5.41) is 0. The number of hydrogen-bond acceptors (Lipinski definition) is 2. The van der Waals surface area contributed by atoms with Crippen LogP contribution in [-0.4, -0.2) is 5.78 Å². The van der Waals surface area contributed by atoms with Gasteiger partial charge in [-0.25, -0.2) is 0 Å². The number of aryl methyl sites for hydroxylation is 1. The van der Waals surface area contributed by atoms with Crippen molar-refractivity contribution in [3.63, 3.8) is 0 Å². The van der Waals surface area contributed by atoms with Crippen LogP contribution in [-0.2, 0) is 6.42 Å². The molecule has 0 aliphatic heterocycles. The number of nitrogen functional groups attached to an aromatic ring is 1. The van der Waals surface area contributed by atoms with E-state index in [4.69, 9.17) is 5.73 Å². The number of rotatable bonds is 2. The number of benzene rings is 2. The van der Waals surface area contributed by atoms with E-state index in [0.29, 0.717) is 5.69 Å². The summed E-state index contributed by atoms with van der Waals surface area (Å²) in [5.74, 6) is 0.156. The fraction of sp³-hybridized carbons (Fsp3) is 0.235. The first-order valence-corrected chi connectivity index (χ1v) is 7.63. The average Bonchev–Trinajstić information content (AvgIpc) is 2.46. The predicted octanol–water partition coefficient (Wildman–Crippen LogP) is 4.33. The van der Waals surface area contributed by atoms with E-state index in [0.717, 1.165) is 29.3 Å². The fourth-order valence-corrected chi connectivity index (χ4v) is 3.54. The van der Waals surface area contributed by atoms with Crippen LogP contribution >= 0.6 is 15.9 Å². The standard InChI is InChI=1S/C17H16BrNO/c18-16-10-12(19)8-9-15(16)17(20)14-7-3-5-11-4-1-2-6-13(11)14/h1-2,4,6,8-10,14H,3,5,7,19H2. The second-order valence-electron chi connectivity index (χ2n) is 5.25. The van der Waals surface area contributed by atoms with E-state index < -0.39 is 0 Å². The zero-order valence-electron chi connectivity index (χ0n) is 11.1. The molecular weight excluding hydrogens is 314 g/mol. The smallest absolute Gasteiger partial charge is 0.171 e. The predicted molar refractivity (Wildman–Crippen MR) is 85.0 cm³/mol. The van der Waals surface area contributed by atoms with Crippen LogP contribution in [0.2, 0.25) is 0 Å². The quantitative estimate of drug-likeness (QED) is 0.658. The Hall–Kier alpha value is -1.61. The van der Waals surface area contributed by atoms with Crippen molar-refractivity contribution in [2.75, 3.05) is 5.73 Å². The van der Waals surface area contributed by atoms with Gasteiger partial charge < -0.3 is 5.73 Å². The highest BCUT2D eigenvalue weighted by atomic mass is 79.9. The maximum atomic E-state index is 12.8. The summed E-state index contributed by atoms with van der Waals surface area (Å²) in [7, 11) is 0. The van der Waals surface area contributed by atoms with Crippen molar-refractivity contribution in [2.24, 2.45) is 0 Å². The van der Waals surface area contributed by atoms with Crippen LogP contribution in [0.1, 0.15) is 40.2 Å².